The van der Waals surface area contributed by atoms with Crippen molar-refractivity contribution in [1.29, 1.82) is 0 Å². The van der Waals surface area contributed by atoms with Crippen molar-refractivity contribution in [3.8, 4) is 56.4 Å². The predicted octanol–water partition coefficient (Wildman–Crippen LogP) is 13.6. The summed E-state index contributed by atoms with van der Waals surface area (Å²) in [6, 6.07) is 65.8. The van der Waals surface area contributed by atoms with Gasteiger partial charge in [-0.15, -0.1) is 0 Å². The quantitative estimate of drug-likeness (QED) is 0.179. The van der Waals surface area contributed by atoms with E-state index in [0.29, 0.717) is 17.5 Å². The third-order valence-corrected chi connectivity index (χ3v) is 10.7. The molecule has 0 amide bonds. The van der Waals surface area contributed by atoms with E-state index in [1.807, 2.05) is 18.2 Å². The fourth-order valence-corrected chi connectivity index (χ4v) is 7.95. The highest BCUT2D eigenvalue weighted by molar-refractivity contribution is 6.19. The summed E-state index contributed by atoms with van der Waals surface area (Å²) in [7, 11) is 0. The highest BCUT2D eigenvalue weighted by Gasteiger charge is 2.20. The lowest BCUT2D eigenvalue weighted by atomic mass is 9.95. The molecule has 11 rings (SSSR count). The van der Waals surface area contributed by atoms with Crippen LogP contribution in [0.15, 0.2) is 192 Å². The summed E-state index contributed by atoms with van der Waals surface area (Å²) in [5, 5.41) is 8.85. The number of hydrogen-bond acceptors (Lipinski definition) is 4. The minimum atomic E-state index is 0.607. The number of nitrogens with zero attached hydrogens (tertiary/aromatic N) is 3. The molecule has 0 saturated heterocycles. The van der Waals surface area contributed by atoms with Crippen LogP contribution in [0.2, 0.25) is 0 Å². The molecule has 4 nitrogen and oxygen atoms in total. The molecule has 2 heterocycles. The van der Waals surface area contributed by atoms with Gasteiger partial charge in [-0.25, -0.2) is 15.0 Å². The Hall–Kier alpha value is -7.43. The first-order valence-corrected chi connectivity index (χ1v) is 18.5. The van der Waals surface area contributed by atoms with Crippen LogP contribution in [0.5, 0.6) is 0 Å². The SMILES string of the molecule is c1ccc(-c2ccc3c(-c4nc(-c5ccc(-c6cccc7ccccc67)cc5)nc(-c5ccc6ccccc6c5)n4)cc4c5ccccc5oc4c3c2)cc1. The highest BCUT2D eigenvalue weighted by Crippen LogP contribution is 2.41. The third-order valence-electron chi connectivity index (χ3n) is 10.7. The average molecular weight is 702 g/mol. The molecule has 9 aromatic carbocycles. The minimum Gasteiger partial charge on any atom is -0.455 e. The van der Waals surface area contributed by atoms with Crippen molar-refractivity contribution in [3.63, 3.8) is 0 Å². The number of fused-ring (bicyclic) bond motifs is 7. The van der Waals surface area contributed by atoms with E-state index in [0.717, 1.165) is 71.5 Å². The van der Waals surface area contributed by atoms with E-state index in [1.54, 1.807) is 0 Å². The topological polar surface area (TPSA) is 51.8 Å². The summed E-state index contributed by atoms with van der Waals surface area (Å²) >= 11 is 0. The second-order valence-corrected chi connectivity index (χ2v) is 14.0. The van der Waals surface area contributed by atoms with Gasteiger partial charge in [-0.3, -0.25) is 0 Å². The molecule has 0 unspecified atom stereocenters. The monoisotopic (exact) mass is 701 g/mol. The van der Waals surface area contributed by atoms with Crippen molar-refractivity contribution in [1.82, 2.24) is 15.0 Å². The van der Waals surface area contributed by atoms with Gasteiger partial charge in [-0.2, -0.15) is 0 Å². The molecule has 0 aliphatic heterocycles. The first-order chi connectivity index (χ1) is 27.2. The van der Waals surface area contributed by atoms with Crippen molar-refractivity contribution >= 4 is 54.3 Å². The van der Waals surface area contributed by atoms with Gasteiger partial charge in [0.2, 0.25) is 0 Å². The zero-order chi connectivity index (χ0) is 36.3. The number of furan rings is 1. The van der Waals surface area contributed by atoms with Crippen LogP contribution < -0.4 is 0 Å². The fourth-order valence-electron chi connectivity index (χ4n) is 7.95. The first kappa shape index (κ1) is 31.1. The normalized spacial score (nSPS) is 11.6. The number of hydrogen-bond donors (Lipinski definition) is 0. The molecule has 0 radical (unpaired) electrons. The highest BCUT2D eigenvalue weighted by atomic mass is 16.3. The second-order valence-electron chi connectivity index (χ2n) is 14.0. The summed E-state index contributed by atoms with van der Waals surface area (Å²) in [6.07, 6.45) is 0. The second kappa shape index (κ2) is 12.6. The summed E-state index contributed by atoms with van der Waals surface area (Å²) in [6.45, 7) is 0. The van der Waals surface area contributed by atoms with Crippen LogP contribution in [0, 0.1) is 0 Å². The van der Waals surface area contributed by atoms with Crippen molar-refractivity contribution in [3.05, 3.63) is 188 Å². The van der Waals surface area contributed by atoms with Crippen LogP contribution >= 0.6 is 0 Å². The van der Waals surface area contributed by atoms with E-state index < -0.39 is 0 Å². The van der Waals surface area contributed by atoms with Gasteiger partial charge >= 0.3 is 0 Å². The molecule has 0 saturated carbocycles. The Kier molecular flexibility index (Phi) is 7.14. The maximum Gasteiger partial charge on any atom is 0.164 e. The van der Waals surface area contributed by atoms with Gasteiger partial charge in [0.05, 0.1) is 0 Å². The van der Waals surface area contributed by atoms with Crippen LogP contribution in [0.25, 0.3) is 111 Å². The lowest BCUT2D eigenvalue weighted by Crippen LogP contribution is -2.01. The van der Waals surface area contributed by atoms with Gasteiger partial charge in [-0.05, 0) is 73.5 Å². The van der Waals surface area contributed by atoms with E-state index in [2.05, 4.69) is 170 Å². The van der Waals surface area contributed by atoms with Gasteiger partial charge in [0.1, 0.15) is 11.2 Å². The van der Waals surface area contributed by atoms with E-state index in [4.69, 9.17) is 19.4 Å². The number of benzene rings is 9. The Morgan fingerprint density at radius 1 is 0.291 bits per heavy atom. The zero-order valence-corrected chi connectivity index (χ0v) is 29.6. The Bertz CT molecular complexity index is 3250. The molecule has 256 valence electrons. The molecule has 55 heavy (non-hydrogen) atoms. The van der Waals surface area contributed by atoms with E-state index in [-0.39, 0.29) is 0 Å². The molecular formula is C51H31N3O. The lowest BCUT2D eigenvalue weighted by Gasteiger charge is -2.13. The molecule has 0 aliphatic rings. The molecule has 0 atom stereocenters. The molecule has 4 heteroatoms. The van der Waals surface area contributed by atoms with Crippen molar-refractivity contribution in [2.24, 2.45) is 0 Å². The first-order valence-electron chi connectivity index (χ1n) is 18.5. The number of para-hydroxylation sites is 1. The van der Waals surface area contributed by atoms with E-state index in [1.165, 1.54) is 21.7 Å². The Morgan fingerprint density at radius 2 is 0.909 bits per heavy atom. The summed E-state index contributed by atoms with van der Waals surface area (Å²) in [5.41, 5.74) is 9.07. The maximum atomic E-state index is 6.60. The fraction of sp³-hybridized carbons (Fsp3) is 0. The van der Waals surface area contributed by atoms with Gasteiger partial charge < -0.3 is 4.42 Å². The number of rotatable bonds is 5. The molecule has 0 spiro atoms. The molecule has 2 aromatic heterocycles. The third kappa shape index (κ3) is 5.34. The molecule has 11 aromatic rings. The Morgan fingerprint density at radius 3 is 1.76 bits per heavy atom. The average Bonchev–Trinajstić information content (AvgIpc) is 3.65. The van der Waals surface area contributed by atoms with Gasteiger partial charge in [0.15, 0.2) is 17.5 Å². The lowest BCUT2D eigenvalue weighted by molar-refractivity contribution is 0.672. The largest absolute Gasteiger partial charge is 0.455 e. The van der Waals surface area contributed by atoms with Gasteiger partial charge in [0, 0.05) is 32.8 Å². The van der Waals surface area contributed by atoms with Gasteiger partial charge in [-0.1, -0.05) is 164 Å². The summed E-state index contributed by atoms with van der Waals surface area (Å²) < 4.78 is 6.60. The van der Waals surface area contributed by atoms with Crippen LogP contribution in [-0.2, 0) is 0 Å². The molecular weight excluding hydrogens is 671 g/mol. The van der Waals surface area contributed by atoms with Crippen molar-refractivity contribution < 1.29 is 4.42 Å². The molecule has 0 bridgehead atoms. The van der Waals surface area contributed by atoms with Crippen LogP contribution in [0.4, 0.5) is 0 Å². The molecule has 0 fully saturated rings. The van der Waals surface area contributed by atoms with Crippen LogP contribution in [0.1, 0.15) is 0 Å². The van der Waals surface area contributed by atoms with E-state index in [9.17, 15) is 0 Å². The Balaban J connectivity index is 1.14. The standard InChI is InChI=1S/C51H31N3O/c1-2-11-32(12-3-1)38-27-28-42-44(30-38)48-45(43-18-8-9-20-47(43)55-48)31-46(42)51-53-49(52-50(54-51)39-26-21-33-13-4-5-15-37(33)29-39)36-24-22-35(23-25-36)41-19-10-16-34-14-6-7-17-40(34)41/h1-31H. The zero-order valence-electron chi connectivity index (χ0n) is 29.6. The number of aromatic nitrogens is 3. The van der Waals surface area contributed by atoms with Crippen molar-refractivity contribution in [2.75, 3.05) is 0 Å². The summed E-state index contributed by atoms with van der Waals surface area (Å²) in [5.74, 6) is 1.84. The maximum absolute atomic E-state index is 6.60. The summed E-state index contributed by atoms with van der Waals surface area (Å²) in [4.78, 5) is 15.7. The molecule has 0 aliphatic carbocycles. The predicted molar refractivity (Wildman–Crippen MR) is 227 cm³/mol. The van der Waals surface area contributed by atoms with E-state index >= 15 is 0 Å². The Labute approximate surface area is 317 Å². The van der Waals surface area contributed by atoms with Crippen molar-refractivity contribution in [2.45, 2.75) is 0 Å². The van der Waals surface area contributed by atoms with Gasteiger partial charge in [0.25, 0.3) is 0 Å². The molecule has 0 N–H and O–H groups in total. The minimum absolute atomic E-state index is 0.607. The van der Waals surface area contributed by atoms with Crippen LogP contribution in [-0.4, -0.2) is 15.0 Å². The van der Waals surface area contributed by atoms with Crippen LogP contribution in [0.3, 0.4) is 0 Å². The smallest absolute Gasteiger partial charge is 0.164 e.